The molecule has 0 atom stereocenters. The highest BCUT2D eigenvalue weighted by molar-refractivity contribution is 6.03. The number of nitrogens with zero attached hydrogens (tertiary/aromatic N) is 1. The van der Waals surface area contributed by atoms with Gasteiger partial charge in [0.25, 0.3) is 5.91 Å². The average Bonchev–Trinajstić information content (AvgIpc) is 2.47. The summed E-state index contributed by atoms with van der Waals surface area (Å²) in [5.41, 5.74) is 1.95. The summed E-state index contributed by atoms with van der Waals surface area (Å²) in [6.45, 7) is 4.08. The molecule has 0 saturated carbocycles. The number of hydrogen-bond donors (Lipinski definition) is 2. The van der Waals surface area contributed by atoms with E-state index in [4.69, 9.17) is 4.74 Å². The molecule has 0 unspecified atom stereocenters. The maximum absolute atomic E-state index is 12.2. The van der Waals surface area contributed by atoms with Crippen LogP contribution in [0.1, 0.15) is 24.3 Å². The second-order valence-corrected chi connectivity index (χ2v) is 4.91. The first-order valence-corrected chi connectivity index (χ1v) is 6.76. The van der Waals surface area contributed by atoms with E-state index in [1.165, 1.54) is 0 Å². The van der Waals surface area contributed by atoms with E-state index in [1.807, 2.05) is 19.9 Å². The molecule has 1 aromatic heterocycles. The van der Waals surface area contributed by atoms with Gasteiger partial charge in [-0.3, -0.25) is 9.78 Å². The lowest BCUT2D eigenvalue weighted by Gasteiger charge is -2.11. The lowest BCUT2D eigenvalue weighted by molar-refractivity contribution is 0.102. The highest BCUT2D eigenvalue weighted by atomic mass is 16.5. The van der Waals surface area contributed by atoms with E-state index in [-0.39, 0.29) is 5.91 Å². The third-order valence-electron chi connectivity index (χ3n) is 2.80. The summed E-state index contributed by atoms with van der Waals surface area (Å²) in [7, 11) is 1.60. The molecule has 2 rings (SSSR count). The van der Waals surface area contributed by atoms with E-state index < -0.39 is 0 Å². The highest BCUT2D eigenvalue weighted by Crippen LogP contribution is 2.16. The first-order chi connectivity index (χ1) is 10.1. The molecule has 2 N–H and O–H groups in total. The Kier molecular flexibility index (Phi) is 4.77. The van der Waals surface area contributed by atoms with Crippen LogP contribution in [0.2, 0.25) is 0 Å². The van der Waals surface area contributed by atoms with Gasteiger partial charge in [0.05, 0.1) is 7.11 Å². The van der Waals surface area contributed by atoms with Crippen molar-refractivity contribution in [2.24, 2.45) is 0 Å². The number of ether oxygens (including phenoxy) is 1. The topological polar surface area (TPSA) is 63.2 Å². The van der Waals surface area contributed by atoms with Gasteiger partial charge in [0.15, 0.2) is 0 Å². The molecule has 0 radical (unpaired) electrons. The van der Waals surface area contributed by atoms with Crippen molar-refractivity contribution in [3.05, 3.63) is 48.3 Å². The standard InChI is InChI=1S/C16H19N3O2/c1-11(2)18-13-8-9-17-15(10-13)16(20)19-12-4-6-14(21-3)7-5-12/h4-11H,1-3H3,(H,17,18)(H,19,20). The predicted octanol–water partition coefficient (Wildman–Crippen LogP) is 3.16. The summed E-state index contributed by atoms with van der Waals surface area (Å²) in [5, 5.41) is 6.05. The lowest BCUT2D eigenvalue weighted by Crippen LogP contribution is -2.15. The van der Waals surface area contributed by atoms with Crippen LogP contribution >= 0.6 is 0 Å². The molecule has 0 saturated heterocycles. The molecular formula is C16H19N3O2. The van der Waals surface area contributed by atoms with Crippen molar-refractivity contribution >= 4 is 17.3 Å². The Labute approximate surface area is 124 Å². The first kappa shape index (κ1) is 14.8. The molecule has 1 aromatic carbocycles. The van der Waals surface area contributed by atoms with Gasteiger partial charge in [0.2, 0.25) is 0 Å². The molecule has 5 nitrogen and oxygen atoms in total. The quantitative estimate of drug-likeness (QED) is 0.885. The minimum atomic E-state index is -0.243. The minimum Gasteiger partial charge on any atom is -0.497 e. The van der Waals surface area contributed by atoms with Crippen molar-refractivity contribution in [3.63, 3.8) is 0 Å². The van der Waals surface area contributed by atoms with E-state index in [2.05, 4.69) is 15.6 Å². The number of rotatable bonds is 5. The first-order valence-electron chi connectivity index (χ1n) is 6.76. The van der Waals surface area contributed by atoms with Gasteiger partial charge in [-0.2, -0.15) is 0 Å². The fourth-order valence-electron chi connectivity index (χ4n) is 1.85. The zero-order chi connectivity index (χ0) is 15.2. The summed E-state index contributed by atoms with van der Waals surface area (Å²) in [4.78, 5) is 16.3. The molecule has 0 fully saturated rings. The average molecular weight is 285 g/mol. The van der Waals surface area contributed by atoms with Gasteiger partial charge in [0, 0.05) is 23.6 Å². The van der Waals surface area contributed by atoms with Gasteiger partial charge in [0.1, 0.15) is 11.4 Å². The zero-order valence-corrected chi connectivity index (χ0v) is 12.4. The van der Waals surface area contributed by atoms with Crippen molar-refractivity contribution in [2.75, 3.05) is 17.7 Å². The van der Waals surface area contributed by atoms with E-state index in [9.17, 15) is 4.79 Å². The SMILES string of the molecule is COc1ccc(NC(=O)c2cc(NC(C)C)ccn2)cc1. The summed E-state index contributed by atoms with van der Waals surface area (Å²) in [6.07, 6.45) is 1.62. The van der Waals surface area contributed by atoms with E-state index >= 15 is 0 Å². The van der Waals surface area contributed by atoms with Gasteiger partial charge in [-0.05, 0) is 50.2 Å². The van der Waals surface area contributed by atoms with Gasteiger partial charge in [-0.25, -0.2) is 0 Å². The third kappa shape index (κ3) is 4.21. The van der Waals surface area contributed by atoms with Gasteiger partial charge < -0.3 is 15.4 Å². The van der Waals surface area contributed by atoms with Crippen molar-refractivity contribution in [3.8, 4) is 5.75 Å². The molecule has 110 valence electrons. The van der Waals surface area contributed by atoms with Crippen LogP contribution in [0, 0.1) is 0 Å². The predicted molar refractivity (Wildman–Crippen MR) is 83.9 cm³/mol. The monoisotopic (exact) mass is 285 g/mol. The Morgan fingerprint density at radius 2 is 1.86 bits per heavy atom. The van der Waals surface area contributed by atoms with E-state index in [1.54, 1.807) is 43.6 Å². The summed E-state index contributed by atoms with van der Waals surface area (Å²) in [6, 6.07) is 11.0. The van der Waals surface area contributed by atoms with E-state index in [0.717, 1.165) is 11.4 Å². The van der Waals surface area contributed by atoms with Crippen LogP contribution in [0.4, 0.5) is 11.4 Å². The normalized spacial score (nSPS) is 10.3. The van der Waals surface area contributed by atoms with Gasteiger partial charge in [-0.1, -0.05) is 0 Å². The summed E-state index contributed by atoms with van der Waals surface area (Å²) < 4.78 is 5.08. The van der Waals surface area contributed by atoms with Crippen LogP contribution in [-0.4, -0.2) is 24.0 Å². The van der Waals surface area contributed by atoms with Crippen LogP contribution in [0.15, 0.2) is 42.6 Å². The van der Waals surface area contributed by atoms with Crippen molar-refractivity contribution < 1.29 is 9.53 Å². The number of benzene rings is 1. The number of anilines is 2. The molecule has 5 heteroatoms. The maximum atomic E-state index is 12.2. The molecule has 0 spiro atoms. The number of carbonyl (C=O) groups is 1. The van der Waals surface area contributed by atoms with Crippen LogP contribution in [-0.2, 0) is 0 Å². The second kappa shape index (κ2) is 6.74. The van der Waals surface area contributed by atoms with E-state index in [0.29, 0.717) is 17.4 Å². The fraction of sp³-hybridized carbons (Fsp3) is 0.250. The Morgan fingerprint density at radius 3 is 2.48 bits per heavy atom. The Morgan fingerprint density at radius 1 is 1.14 bits per heavy atom. The fourth-order valence-corrected chi connectivity index (χ4v) is 1.85. The Balaban J connectivity index is 2.08. The third-order valence-corrected chi connectivity index (χ3v) is 2.80. The van der Waals surface area contributed by atoms with Crippen molar-refractivity contribution in [2.45, 2.75) is 19.9 Å². The zero-order valence-electron chi connectivity index (χ0n) is 12.4. The highest BCUT2D eigenvalue weighted by Gasteiger charge is 2.09. The number of carbonyl (C=O) groups excluding carboxylic acids is 1. The number of amides is 1. The smallest absolute Gasteiger partial charge is 0.274 e. The van der Waals surface area contributed by atoms with Crippen molar-refractivity contribution in [1.82, 2.24) is 4.98 Å². The molecule has 2 aromatic rings. The molecule has 0 aliphatic rings. The Hall–Kier alpha value is -2.56. The molecule has 0 aliphatic heterocycles. The van der Waals surface area contributed by atoms with Crippen LogP contribution in [0.3, 0.4) is 0 Å². The molecule has 1 heterocycles. The Bertz CT molecular complexity index is 609. The molecule has 21 heavy (non-hydrogen) atoms. The second-order valence-electron chi connectivity index (χ2n) is 4.91. The number of methoxy groups -OCH3 is 1. The van der Waals surface area contributed by atoms with Crippen LogP contribution in [0.5, 0.6) is 5.75 Å². The molecular weight excluding hydrogens is 266 g/mol. The number of nitrogens with one attached hydrogen (secondary N) is 2. The lowest BCUT2D eigenvalue weighted by atomic mass is 10.2. The van der Waals surface area contributed by atoms with Crippen LogP contribution in [0.25, 0.3) is 0 Å². The number of pyridine rings is 1. The molecule has 0 bridgehead atoms. The largest absolute Gasteiger partial charge is 0.497 e. The van der Waals surface area contributed by atoms with Crippen LogP contribution < -0.4 is 15.4 Å². The summed E-state index contributed by atoms with van der Waals surface area (Å²) in [5.74, 6) is 0.502. The van der Waals surface area contributed by atoms with Gasteiger partial charge >= 0.3 is 0 Å². The molecule has 1 amide bonds. The number of aromatic nitrogens is 1. The minimum absolute atomic E-state index is 0.243. The van der Waals surface area contributed by atoms with Gasteiger partial charge in [-0.15, -0.1) is 0 Å². The van der Waals surface area contributed by atoms with Crippen molar-refractivity contribution in [1.29, 1.82) is 0 Å². The molecule has 0 aliphatic carbocycles. The summed E-state index contributed by atoms with van der Waals surface area (Å²) >= 11 is 0. The number of hydrogen-bond acceptors (Lipinski definition) is 4. The maximum Gasteiger partial charge on any atom is 0.274 e.